The molecular formula is C19H15BN2. The Hall–Kier alpha value is -2.68. The minimum absolute atomic E-state index is 0.899. The number of aryl methyl sites for hydroxylation is 1. The van der Waals surface area contributed by atoms with E-state index in [1.807, 2.05) is 0 Å². The van der Waals surface area contributed by atoms with E-state index < -0.39 is 0 Å². The van der Waals surface area contributed by atoms with Gasteiger partial charge < -0.3 is 10.3 Å². The maximum atomic E-state index is 6.33. The zero-order valence-electron chi connectivity index (χ0n) is 12.4. The van der Waals surface area contributed by atoms with Gasteiger partial charge in [-0.2, -0.15) is 0 Å². The lowest BCUT2D eigenvalue weighted by atomic mass is 9.60. The van der Waals surface area contributed by atoms with E-state index >= 15 is 0 Å². The van der Waals surface area contributed by atoms with Gasteiger partial charge in [0.15, 0.2) is 0 Å². The molecule has 3 aromatic carbocycles. The van der Waals surface area contributed by atoms with E-state index in [0.29, 0.717) is 0 Å². The van der Waals surface area contributed by atoms with Gasteiger partial charge in [-0.25, -0.2) is 0 Å². The van der Waals surface area contributed by atoms with Gasteiger partial charge in [-0.3, -0.25) is 0 Å². The molecule has 4 aromatic rings. The molecule has 2 N–H and O–H groups in total. The Morgan fingerprint density at radius 2 is 1.77 bits per heavy atom. The molecule has 0 saturated carbocycles. The standard InChI is InChI=1S/C19H15BN2/c1-11-9-15(21)18-17(10-11)22-16-8-3-2-5-12(16)13-6-4-7-14(20-18)19(13)22/h2-10,20H,21H2,1H3. The third kappa shape index (κ3) is 1.36. The number of hydrogen-bond donors (Lipinski definition) is 1. The van der Waals surface area contributed by atoms with Crippen LogP contribution in [0.1, 0.15) is 5.56 Å². The van der Waals surface area contributed by atoms with Crippen molar-refractivity contribution in [1.29, 1.82) is 0 Å². The third-order valence-electron chi connectivity index (χ3n) is 4.79. The second-order valence-corrected chi connectivity index (χ2v) is 6.19. The fourth-order valence-electron chi connectivity index (χ4n) is 3.89. The quantitative estimate of drug-likeness (QED) is 0.343. The summed E-state index contributed by atoms with van der Waals surface area (Å²) in [4.78, 5) is 0. The van der Waals surface area contributed by atoms with Gasteiger partial charge in [0, 0.05) is 27.7 Å². The number of nitrogens with two attached hydrogens (primary N) is 1. The Bertz CT molecular complexity index is 1080. The van der Waals surface area contributed by atoms with E-state index in [2.05, 4.69) is 66.1 Å². The van der Waals surface area contributed by atoms with E-state index in [9.17, 15) is 0 Å². The summed E-state index contributed by atoms with van der Waals surface area (Å²) in [6.07, 6.45) is 0. The molecule has 104 valence electrons. The van der Waals surface area contributed by atoms with Gasteiger partial charge in [0.05, 0.1) is 5.52 Å². The number of para-hydroxylation sites is 2. The van der Waals surface area contributed by atoms with Gasteiger partial charge in [-0.1, -0.05) is 41.9 Å². The summed E-state index contributed by atoms with van der Waals surface area (Å²) in [5, 5.41) is 2.64. The molecule has 2 heterocycles. The molecule has 1 aliphatic heterocycles. The molecule has 0 fully saturated rings. The number of benzene rings is 3. The number of hydrogen-bond acceptors (Lipinski definition) is 1. The topological polar surface area (TPSA) is 30.9 Å². The molecule has 3 heteroatoms. The Morgan fingerprint density at radius 3 is 2.68 bits per heavy atom. The molecule has 1 aromatic heterocycles. The molecule has 0 spiro atoms. The molecule has 0 radical (unpaired) electrons. The van der Waals surface area contributed by atoms with Crippen LogP contribution in [0.2, 0.25) is 0 Å². The molecule has 0 amide bonds. The van der Waals surface area contributed by atoms with Crippen molar-refractivity contribution < 1.29 is 0 Å². The van der Waals surface area contributed by atoms with Crippen LogP contribution in [0.25, 0.3) is 27.5 Å². The Morgan fingerprint density at radius 1 is 0.955 bits per heavy atom. The first-order valence-electron chi connectivity index (χ1n) is 7.64. The van der Waals surface area contributed by atoms with Gasteiger partial charge in [0.25, 0.3) is 0 Å². The minimum Gasteiger partial charge on any atom is -0.399 e. The van der Waals surface area contributed by atoms with Crippen molar-refractivity contribution in [3.8, 4) is 5.69 Å². The summed E-state index contributed by atoms with van der Waals surface area (Å²) in [5.41, 5.74) is 14.9. The molecular weight excluding hydrogens is 267 g/mol. The summed E-state index contributed by atoms with van der Waals surface area (Å²) in [7, 11) is 0.912. The van der Waals surface area contributed by atoms with Crippen LogP contribution in [0.4, 0.5) is 5.69 Å². The fraction of sp³-hybridized carbons (Fsp3) is 0.0526. The summed E-state index contributed by atoms with van der Waals surface area (Å²) in [6.45, 7) is 2.11. The maximum Gasteiger partial charge on any atom is 0.200 e. The van der Waals surface area contributed by atoms with Crippen LogP contribution in [0.15, 0.2) is 54.6 Å². The molecule has 0 unspecified atom stereocenters. The van der Waals surface area contributed by atoms with Gasteiger partial charge in [0.1, 0.15) is 0 Å². The molecule has 1 aliphatic rings. The molecule has 0 atom stereocenters. The average molecular weight is 282 g/mol. The average Bonchev–Trinajstić information content (AvgIpc) is 2.86. The zero-order chi connectivity index (χ0) is 14.8. The predicted molar refractivity (Wildman–Crippen MR) is 96.3 cm³/mol. The van der Waals surface area contributed by atoms with Gasteiger partial charge in [-0.15, -0.1) is 0 Å². The van der Waals surface area contributed by atoms with E-state index in [-0.39, 0.29) is 0 Å². The van der Waals surface area contributed by atoms with Crippen LogP contribution in [0.3, 0.4) is 0 Å². The highest BCUT2D eigenvalue weighted by Crippen LogP contribution is 2.32. The monoisotopic (exact) mass is 282 g/mol. The minimum atomic E-state index is 0.899. The highest BCUT2D eigenvalue weighted by Gasteiger charge is 2.24. The Balaban J connectivity index is 2.09. The van der Waals surface area contributed by atoms with Crippen LogP contribution < -0.4 is 16.7 Å². The van der Waals surface area contributed by atoms with E-state index in [1.165, 1.54) is 44.0 Å². The number of aromatic nitrogens is 1. The predicted octanol–water partition coefficient (Wildman–Crippen LogP) is 2.38. The maximum absolute atomic E-state index is 6.33. The largest absolute Gasteiger partial charge is 0.399 e. The molecule has 22 heavy (non-hydrogen) atoms. The number of rotatable bonds is 0. The van der Waals surface area contributed by atoms with Crippen molar-refractivity contribution in [2.75, 3.05) is 5.73 Å². The van der Waals surface area contributed by atoms with Crippen molar-refractivity contribution in [2.24, 2.45) is 0 Å². The number of fused-ring (bicyclic) bond motifs is 5. The molecule has 0 bridgehead atoms. The van der Waals surface area contributed by atoms with E-state index in [4.69, 9.17) is 5.73 Å². The van der Waals surface area contributed by atoms with Crippen molar-refractivity contribution in [1.82, 2.24) is 4.57 Å². The Kier molecular flexibility index (Phi) is 2.14. The number of anilines is 1. The summed E-state index contributed by atoms with van der Waals surface area (Å²) in [5.74, 6) is 0. The number of nitrogen functional groups attached to an aromatic ring is 1. The zero-order valence-corrected chi connectivity index (χ0v) is 12.4. The van der Waals surface area contributed by atoms with Crippen LogP contribution >= 0.6 is 0 Å². The first-order chi connectivity index (χ1) is 10.7. The molecule has 0 saturated heterocycles. The lowest BCUT2D eigenvalue weighted by molar-refractivity contribution is 1.18. The van der Waals surface area contributed by atoms with Crippen molar-refractivity contribution >= 4 is 45.7 Å². The normalized spacial score (nSPS) is 12.4. The third-order valence-corrected chi connectivity index (χ3v) is 4.79. The smallest absolute Gasteiger partial charge is 0.200 e. The van der Waals surface area contributed by atoms with Crippen LogP contribution in [-0.4, -0.2) is 11.8 Å². The number of nitrogens with zero attached hydrogens (tertiary/aromatic N) is 1. The van der Waals surface area contributed by atoms with Gasteiger partial charge in [0.2, 0.25) is 7.28 Å². The van der Waals surface area contributed by atoms with Crippen LogP contribution in [0, 0.1) is 6.92 Å². The Labute approximate surface area is 129 Å². The van der Waals surface area contributed by atoms with Crippen molar-refractivity contribution in [3.05, 3.63) is 60.2 Å². The van der Waals surface area contributed by atoms with Crippen LogP contribution in [-0.2, 0) is 0 Å². The summed E-state index contributed by atoms with van der Waals surface area (Å²) in [6, 6.07) is 19.6. The molecule has 0 aliphatic carbocycles. The SMILES string of the molecule is Cc1cc(N)c2c(c1)-n1c3ccccc3c3cccc(c31)B2. The summed E-state index contributed by atoms with van der Waals surface area (Å²) < 4.78 is 2.39. The second kappa shape index (κ2) is 3.95. The summed E-state index contributed by atoms with van der Waals surface area (Å²) >= 11 is 0. The van der Waals surface area contributed by atoms with Gasteiger partial charge >= 0.3 is 0 Å². The molecule has 5 rings (SSSR count). The van der Waals surface area contributed by atoms with Crippen molar-refractivity contribution in [2.45, 2.75) is 6.92 Å². The lowest BCUT2D eigenvalue weighted by Gasteiger charge is -2.22. The first kappa shape index (κ1) is 11.9. The lowest BCUT2D eigenvalue weighted by Crippen LogP contribution is -2.37. The first-order valence-corrected chi connectivity index (χ1v) is 7.64. The highest BCUT2D eigenvalue weighted by molar-refractivity contribution is 6.73. The van der Waals surface area contributed by atoms with Crippen molar-refractivity contribution in [3.63, 3.8) is 0 Å². The fourth-order valence-corrected chi connectivity index (χ4v) is 3.89. The molecule has 2 nitrogen and oxygen atoms in total. The van der Waals surface area contributed by atoms with Gasteiger partial charge in [-0.05, 0) is 36.1 Å². The highest BCUT2D eigenvalue weighted by atomic mass is 15.0. The second-order valence-electron chi connectivity index (χ2n) is 6.19. The van der Waals surface area contributed by atoms with Crippen LogP contribution in [0.5, 0.6) is 0 Å². The van der Waals surface area contributed by atoms with E-state index in [1.54, 1.807) is 0 Å². The van der Waals surface area contributed by atoms with E-state index in [0.717, 1.165) is 13.0 Å².